The number of nitrogens with zero attached hydrogens (tertiary/aromatic N) is 3. The Bertz CT molecular complexity index is 387. The smallest absolute Gasteiger partial charge is 0.232 e. The van der Waals surface area contributed by atoms with Crippen LogP contribution in [0.5, 0.6) is 5.88 Å². The molecule has 0 saturated carbocycles. The molecule has 1 aromatic heterocycles. The van der Waals surface area contributed by atoms with Crippen LogP contribution in [0.3, 0.4) is 0 Å². The normalized spacial score (nSPS) is 16.6. The predicted molar refractivity (Wildman–Crippen MR) is 78.5 cm³/mol. The molecule has 0 atom stereocenters. The molecule has 0 amide bonds. The van der Waals surface area contributed by atoms with E-state index in [0.717, 1.165) is 17.6 Å². The maximum Gasteiger partial charge on any atom is 0.232 e. The lowest BCUT2D eigenvalue weighted by atomic mass is 10.4. The zero-order valence-corrected chi connectivity index (χ0v) is 12.8. The number of aromatic nitrogens is 2. The predicted octanol–water partition coefficient (Wildman–Crippen LogP) is 1.71. The molecule has 1 saturated heterocycles. The molecule has 0 aromatic carbocycles. The van der Waals surface area contributed by atoms with Crippen LogP contribution < -0.4 is 10.1 Å². The summed E-state index contributed by atoms with van der Waals surface area (Å²) in [7, 11) is 1.60. The van der Waals surface area contributed by atoms with Crippen molar-refractivity contribution >= 4 is 33.6 Å². The summed E-state index contributed by atoms with van der Waals surface area (Å²) in [5.74, 6) is 3.65. The largest absolute Gasteiger partial charge is 0.480 e. The van der Waals surface area contributed by atoms with E-state index in [-0.39, 0.29) is 0 Å². The summed E-state index contributed by atoms with van der Waals surface area (Å²) in [4.78, 5) is 10.9. The van der Waals surface area contributed by atoms with Gasteiger partial charge in [0.1, 0.15) is 0 Å². The molecule has 0 aliphatic carbocycles. The van der Waals surface area contributed by atoms with Crippen LogP contribution in [0.2, 0.25) is 0 Å². The van der Waals surface area contributed by atoms with Crippen LogP contribution in [0, 0.1) is 0 Å². The Hall–Kier alpha value is -0.530. The third-order valence-corrected chi connectivity index (χ3v) is 4.21. The van der Waals surface area contributed by atoms with Crippen molar-refractivity contribution in [1.82, 2.24) is 14.9 Å². The van der Waals surface area contributed by atoms with Gasteiger partial charge in [0.25, 0.3) is 0 Å². The van der Waals surface area contributed by atoms with E-state index in [4.69, 9.17) is 4.74 Å². The molecule has 0 unspecified atom stereocenters. The van der Waals surface area contributed by atoms with E-state index in [1.165, 1.54) is 24.6 Å². The number of hydrogen-bond donors (Lipinski definition) is 1. The highest BCUT2D eigenvalue weighted by Crippen LogP contribution is 2.21. The Labute approximate surface area is 120 Å². The van der Waals surface area contributed by atoms with Crippen LogP contribution >= 0.6 is 27.7 Å². The molecule has 2 heterocycles. The third-order valence-electron chi connectivity index (χ3n) is 2.72. The van der Waals surface area contributed by atoms with E-state index >= 15 is 0 Å². The standard InChI is InChI=1S/C11H17BrN4OS/c1-17-10-9(12)8-14-11(15-10)13-2-3-16-4-6-18-7-5-16/h8H,2-7H2,1H3,(H,13,14,15). The summed E-state index contributed by atoms with van der Waals surface area (Å²) in [6.45, 7) is 4.24. The first kappa shape index (κ1) is 13.9. The topological polar surface area (TPSA) is 50.3 Å². The number of thioether (sulfide) groups is 1. The molecule has 1 aliphatic rings. The van der Waals surface area contributed by atoms with Crippen LogP contribution in [-0.2, 0) is 0 Å². The van der Waals surface area contributed by atoms with Crippen molar-refractivity contribution in [3.63, 3.8) is 0 Å². The monoisotopic (exact) mass is 332 g/mol. The van der Waals surface area contributed by atoms with E-state index in [1.807, 2.05) is 11.8 Å². The van der Waals surface area contributed by atoms with Gasteiger partial charge in [-0.25, -0.2) is 4.98 Å². The molecule has 18 heavy (non-hydrogen) atoms. The summed E-state index contributed by atoms with van der Waals surface area (Å²) >= 11 is 5.36. The second kappa shape index (κ2) is 7.16. The number of nitrogens with one attached hydrogen (secondary N) is 1. The van der Waals surface area contributed by atoms with Crippen molar-refractivity contribution in [3.05, 3.63) is 10.7 Å². The van der Waals surface area contributed by atoms with E-state index in [0.29, 0.717) is 11.8 Å². The molecule has 1 fully saturated rings. The van der Waals surface area contributed by atoms with Gasteiger partial charge >= 0.3 is 0 Å². The van der Waals surface area contributed by atoms with Gasteiger partial charge in [-0.05, 0) is 15.9 Å². The maximum atomic E-state index is 5.13. The number of hydrogen-bond acceptors (Lipinski definition) is 6. The quantitative estimate of drug-likeness (QED) is 0.885. The minimum absolute atomic E-state index is 0.557. The van der Waals surface area contributed by atoms with Crippen LogP contribution in [0.15, 0.2) is 10.7 Å². The molecule has 1 aliphatic heterocycles. The number of ether oxygens (including phenoxy) is 1. The highest BCUT2D eigenvalue weighted by atomic mass is 79.9. The molecule has 1 N–H and O–H groups in total. The van der Waals surface area contributed by atoms with Gasteiger partial charge in [0.15, 0.2) is 0 Å². The molecule has 7 heteroatoms. The summed E-state index contributed by atoms with van der Waals surface area (Å²) in [5, 5.41) is 3.22. The van der Waals surface area contributed by atoms with Crippen LogP contribution in [0.25, 0.3) is 0 Å². The third kappa shape index (κ3) is 4.00. The highest BCUT2D eigenvalue weighted by Gasteiger charge is 2.10. The highest BCUT2D eigenvalue weighted by molar-refractivity contribution is 9.10. The lowest BCUT2D eigenvalue weighted by Gasteiger charge is -2.25. The van der Waals surface area contributed by atoms with Gasteiger partial charge in [-0.1, -0.05) is 0 Å². The second-order valence-corrected chi connectivity index (χ2v) is 6.01. The zero-order chi connectivity index (χ0) is 12.8. The van der Waals surface area contributed by atoms with Crippen molar-refractivity contribution in [1.29, 1.82) is 0 Å². The summed E-state index contributed by atoms with van der Waals surface area (Å²) in [5.41, 5.74) is 0. The van der Waals surface area contributed by atoms with Gasteiger partial charge in [-0.15, -0.1) is 0 Å². The molecule has 0 radical (unpaired) electrons. The summed E-state index contributed by atoms with van der Waals surface area (Å²) in [6.07, 6.45) is 1.70. The van der Waals surface area contributed by atoms with Crippen LogP contribution in [-0.4, -0.2) is 59.7 Å². The van der Waals surface area contributed by atoms with Gasteiger partial charge in [-0.3, -0.25) is 4.90 Å². The second-order valence-electron chi connectivity index (χ2n) is 3.93. The van der Waals surface area contributed by atoms with Crippen LogP contribution in [0.1, 0.15) is 0 Å². The average Bonchev–Trinajstić information content (AvgIpc) is 2.42. The first-order valence-corrected chi connectivity index (χ1v) is 7.85. The van der Waals surface area contributed by atoms with Gasteiger partial charge in [0.05, 0.1) is 17.8 Å². The first-order valence-electron chi connectivity index (χ1n) is 5.90. The summed E-state index contributed by atoms with van der Waals surface area (Å²) in [6, 6.07) is 0. The Morgan fingerprint density at radius 1 is 1.50 bits per heavy atom. The summed E-state index contributed by atoms with van der Waals surface area (Å²) < 4.78 is 5.90. The number of methoxy groups -OCH3 is 1. The molecular weight excluding hydrogens is 316 g/mol. The minimum Gasteiger partial charge on any atom is -0.480 e. The minimum atomic E-state index is 0.557. The van der Waals surface area contributed by atoms with E-state index in [9.17, 15) is 0 Å². The zero-order valence-electron chi connectivity index (χ0n) is 10.4. The van der Waals surface area contributed by atoms with E-state index < -0.39 is 0 Å². The van der Waals surface area contributed by atoms with Crippen molar-refractivity contribution in [2.45, 2.75) is 0 Å². The van der Waals surface area contributed by atoms with E-state index in [1.54, 1.807) is 13.3 Å². The van der Waals surface area contributed by atoms with E-state index in [2.05, 4.69) is 36.1 Å². The van der Waals surface area contributed by atoms with Crippen molar-refractivity contribution in [2.75, 3.05) is 50.1 Å². The molecule has 1 aromatic rings. The fourth-order valence-corrected chi connectivity index (χ4v) is 3.06. The van der Waals surface area contributed by atoms with Crippen molar-refractivity contribution < 1.29 is 4.74 Å². The molecule has 100 valence electrons. The lowest BCUT2D eigenvalue weighted by Crippen LogP contribution is -2.36. The van der Waals surface area contributed by atoms with Gasteiger partial charge in [0.2, 0.25) is 11.8 Å². The van der Waals surface area contributed by atoms with Gasteiger partial charge in [-0.2, -0.15) is 16.7 Å². The SMILES string of the molecule is COc1nc(NCCN2CCSCC2)ncc1Br. The van der Waals surface area contributed by atoms with Gasteiger partial charge < -0.3 is 10.1 Å². The number of rotatable bonds is 5. The number of halogens is 1. The van der Waals surface area contributed by atoms with Crippen LogP contribution in [0.4, 0.5) is 5.95 Å². The Balaban J connectivity index is 1.79. The first-order chi connectivity index (χ1) is 8.79. The molecule has 0 bridgehead atoms. The maximum absolute atomic E-state index is 5.13. The number of anilines is 1. The van der Waals surface area contributed by atoms with Crippen molar-refractivity contribution in [3.8, 4) is 5.88 Å². The molecule has 2 rings (SSSR count). The Kier molecular flexibility index (Phi) is 5.52. The Morgan fingerprint density at radius 2 is 2.28 bits per heavy atom. The lowest BCUT2D eigenvalue weighted by molar-refractivity contribution is 0.314. The fourth-order valence-electron chi connectivity index (χ4n) is 1.73. The van der Waals surface area contributed by atoms with Crippen molar-refractivity contribution in [2.24, 2.45) is 0 Å². The molecule has 5 nitrogen and oxygen atoms in total. The Morgan fingerprint density at radius 3 is 3.00 bits per heavy atom. The fraction of sp³-hybridized carbons (Fsp3) is 0.636. The molecular formula is C11H17BrN4OS. The molecule has 0 spiro atoms. The average molecular weight is 333 g/mol. The van der Waals surface area contributed by atoms with Gasteiger partial charge in [0, 0.05) is 37.7 Å².